The van der Waals surface area contributed by atoms with Crippen LogP contribution in [-0.4, -0.2) is 35.0 Å². The van der Waals surface area contributed by atoms with Gasteiger partial charge in [0.15, 0.2) is 0 Å². The molecule has 0 aliphatic rings. The van der Waals surface area contributed by atoms with Gasteiger partial charge in [-0.15, -0.1) is 0 Å². The van der Waals surface area contributed by atoms with Gasteiger partial charge in [-0.25, -0.2) is 0 Å². The highest BCUT2D eigenvalue weighted by molar-refractivity contribution is 5.69. The second-order valence-corrected chi connectivity index (χ2v) is 6.10. The van der Waals surface area contributed by atoms with Crippen LogP contribution in [0.15, 0.2) is 0 Å². The molecule has 0 heterocycles. The average Bonchev–Trinajstić information content (AvgIpc) is 2.50. The third-order valence-electron chi connectivity index (χ3n) is 3.98. The van der Waals surface area contributed by atoms with Crippen molar-refractivity contribution in [3.05, 3.63) is 0 Å². The van der Waals surface area contributed by atoms with Crippen molar-refractivity contribution in [2.75, 3.05) is 6.61 Å². The van der Waals surface area contributed by atoms with Crippen molar-refractivity contribution in [2.45, 2.75) is 103 Å². The highest BCUT2D eigenvalue weighted by Gasteiger charge is 2.15. The predicted octanol–water partition coefficient (Wildman–Crippen LogP) is 3.97. The number of hydrogen-bond acceptors (Lipinski definition) is 4. The molecule has 0 fully saturated rings. The first-order valence-electron chi connectivity index (χ1n) is 9.13. The molecule has 0 saturated carbocycles. The Bertz CT molecular complexity index is 255. The second kappa shape index (κ2) is 15.3. The molecular formula is C18H36O4. The van der Waals surface area contributed by atoms with Crippen molar-refractivity contribution in [1.29, 1.82) is 0 Å². The molecule has 0 spiro atoms. The molecule has 0 aromatic rings. The van der Waals surface area contributed by atoms with Gasteiger partial charge in [-0.3, -0.25) is 4.79 Å². The monoisotopic (exact) mass is 316 g/mol. The lowest BCUT2D eigenvalue weighted by Gasteiger charge is -2.17. The summed E-state index contributed by atoms with van der Waals surface area (Å²) >= 11 is 0. The summed E-state index contributed by atoms with van der Waals surface area (Å²) < 4.78 is 4.88. The Morgan fingerprint density at radius 2 is 1.32 bits per heavy atom. The lowest BCUT2D eigenvalue weighted by molar-refractivity contribution is -0.143. The van der Waals surface area contributed by atoms with Gasteiger partial charge in [0.2, 0.25) is 0 Å². The van der Waals surface area contributed by atoms with Gasteiger partial charge < -0.3 is 14.9 Å². The summed E-state index contributed by atoms with van der Waals surface area (Å²) in [4.78, 5) is 11.1. The van der Waals surface area contributed by atoms with E-state index in [2.05, 4.69) is 6.92 Å². The quantitative estimate of drug-likeness (QED) is 0.354. The molecular weight excluding hydrogens is 280 g/mol. The van der Waals surface area contributed by atoms with Gasteiger partial charge in [0.25, 0.3) is 0 Å². The number of rotatable bonds is 15. The predicted molar refractivity (Wildman–Crippen MR) is 89.7 cm³/mol. The van der Waals surface area contributed by atoms with Gasteiger partial charge in [0.05, 0.1) is 18.8 Å². The molecule has 0 aromatic carbocycles. The molecule has 2 atom stereocenters. The van der Waals surface area contributed by atoms with Crippen molar-refractivity contribution < 1.29 is 19.7 Å². The number of hydrogen-bond donors (Lipinski definition) is 2. The Labute approximate surface area is 136 Å². The Morgan fingerprint density at radius 3 is 1.86 bits per heavy atom. The number of aliphatic hydroxyl groups excluding tert-OH is 2. The van der Waals surface area contributed by atoms with Crippen LogP contribution >= 0.6 is 0 Å². The summed E-state index contributed by atoms with van der Waals surface area (Å²) in [5.41, 5.74) is 0. The van der Waals surface area contributed by atoms with Crippen molar-refractivity contribution in [2.24, 2.45) is 0 Å². The first-order chi connectivity index (χ1) is 10.6. The molecule has 0 aliphatic heterocycles. The zero-order valence-corrected chi connectivity index (χ0v) is 14.6. The molecule has 0 aromatic heterocycles. The maximum absolute atomic E-state index is 11.1. The molecule has 0 saturated heterocycles. The summed E-state index contributed by atoms with van der Waals surface area (Å²) in [5.74, 6) is -0.107. The summed E-state index contributed by atoms with van der Waals surface area (Å²) in [7, 11) is 0. The van der Waals surface area contributed by atoms with E-state index >= 15 is 0 Å². The SMILES string of the molecule is CCCCCCC(O)C(O)CCCCCCCC(=O)OCC. The minimum atomic E-state index is -0.582. The molecule has 0 rings (SSSR count). The molecule has 2 N–H and O–H groups in total. The molecule has 0 bridgehead atoms. The third-order valence-corrected chi connectivity index (χ3v) is 3.98. The van der Waals surface area contributed by atoms with E-state index in [1.807, 2.05) is 6.92 Å². The number of aliphatic hydroxyl groups is 2. The van der Waals surface area contributed by atoms with Crippen LogP contribution in [0.25, 0.3) is 0 Å². The fourth-order valence-electron chi connectivity index (χ4n) is 2.55. The Morgan fingerprint density at radius 1 is 0.818 bits per heavy atom. The fraction of sp³-hybridized carbons (Fsp3) is 0.944. The molecule has 0 radical (unpaired) electrons. The second-order valence-electron chi connectivity index (χ2n) is 6.10. The molecule has 4 heteroatoms. The standard InChI is InChI=1S/C18H36O4/c1-3-5-6-10-13-16(19)17(20)14-11-8-7-9-12-15-18(21)22-4-2/h16-17,19-20H,3-15H2,1-2H3. The Hall–Kier alpha value is -0.610. The topological polar surface area (TPSA) is 66.8 Å². The molecule has 4 nitrogen and oxygen atoms in total. The van der Waals surface area contributed by atoms with E-state index in [0.717, 1.165) is 44.9 Å². The van der Waals surface area contributed by atoms with Gasteiger partial charge in [-0.05, 0) is 26.2 Å². The smallest absolute Gasteiger partial charge is 0.305 e. The first kappa shape index (κ1) is 21.4. The van der Waals surface area contributed by atoms with Crippen LogP contribution < -0.4 is 0 Å². The van der Waals surface area contributed by atoms with E-state index < -0.39 is 12.2 Å². The number of unbranched alkanes of at least 4 members (excludes halogenated alkanes) is 7. The first-order valence-corrected chi connectivity index (χ1v) is 9.13. The average molecular weight is 316 g/mol. The van der Waals surface area contributed by atoms with Crippen LogP contribution in [0.2, 0.25) is 0 Å². The van der Waals surface area contributed by atoms with Crippen LogP contribution in [0.4, 0.5) is 0 Å². The van der Waals surface area contributed by atoms with Crippen molar-refractivity contribution in [1.82, 2.24) is 0 Å². The number of ether oxygens (including phenoxy) is 1. The van der Waals surface area contributed by atoms with Gasteiger partial charge in [-0.2, -0.15) is 0 Å². The molecule has 132 valence electrons. The fourth-order valence-corrected chi connectivity index (χ4v) is 2.55. The number of carbonyl (C=O) groups excluding carboxylic acids is 1. The Kier molecular flexibility index (Phi) is 14.9. The third kappa shape index (κ3) is 13.1. The van der Waals surface area contributed by atoms with Crippen LogP contribution in [0.3, 0.4) is 0 Å². The molecule has 0 amide bonds. The van der Waals surface area contributed by atoms with Gasteiger partial charge in [0, 0.05) is 6.42 Å². The van der Waals surface area contributed by atoms with Crippen LogP contribution in [0, 0.1) is 0 Å². The number of carbonyl (C=O) groups is 1. The van der Waals surface area contributed by atoms with Crippen LogP contribution in [-0.2, 0) is 9.53 Å². The van der Waals surface area contributed by atoms with Crippen LogP contribution in [0.1, 0.15) is 90.9 Å². The normalized spacial score (nSPS) is 13.8. The van der Waals surface area contributed by atoms with Crippen molar-refractivity contribution in [3.8, 4) is 0 Å². The summed E-state index contributed by atoms with van der Waals surface area (Å²) in [6.45, 7) is 4.44. The lowest BCUT2D eigenvalue weighted by Crippen LogP contribution is -2.25. The summed E-state index contributed by atoms with van der Waals surface area (Å²) in [6.07, 6.45) is 10.2. The molecule has 22 heavy (non-hydrogen) atoms. The van der Waals surface area contributed by atoms with Gasteiger partial charge in [-0.1, -0.05) is 58.3 Å². The lowest BCUT2D eigenvalue weighted by atomic mass is 10.00. The Balaban J connectivity index is 3.40. The molecule has 2 unspecified atom stereocenters. The zero-order chi connectivity index (χ0) is 16.6. The minimum Gasteiger partial charge on any atom is -0.466 e. The minimum absolute atomic E-state index is 0.107. The van der Waals surface area contributed by atoms with Crippen LogP contribution in [0.5, 0.6) is 0 Å². The summed E-state index contributed by atoms with van der Waals surface area (Å²) in [5, 5.41) is 19.8. The van der Waals surface area contributed by atoms with E-state index in [4.69, 9.17) is 4.74 Å². The highest BCUT2D eigenvalue weighted by atomic mass is 16.5. The van der Waals surface area contributed by atoms with E-state index in [-0.39, 0.29) is 5.97 Å². The van der Waals surface area contributed by atoms with E-state index in [0.29, 0.717) is 25.9 Å². The zero-order valence-electron chi connectivity index (χ0n) is 14.6. The van der Waals surface area contributed by atoms with Crippen molar-refractivity contribution in [3.63, 3.8) is 0 Å². The summed E-state index contributed by atoms with van der Waals surface area (Å²) in [6, 6.07) is 0. The maximum atomic E-state index is 11.1. The van der Waals surface area contributed by atoms with E-state index in [9.17, 15) is 15.0 Å². The highest BCUT2D eigenvalue weighted by Crippen LogP contribution is 2.14. The van der Waals surface area contributed by atoms with Gasteiger partial charge in [0.1, 0.15) is 0 Å². The van der Waals surface area contributed by atoms with Crippen molar-refractivity contribution >= 4 is 5.97 Å². The maximum Gasteiger partial charge on any atom is 0.305 e. The van der Waals surface area contributed by atoms with E-state index in [1.165, 1.54) is 12.8 Å². The molecule has 0 aliphatic carbocycles. The largest absolute Gasteiger partial charge is 0.466 e. The van der Waals surface area contributed by atoms with Gasteiger partial charge >= 0.3 is 5.97 Å². The number of esters is 1. The van der Waals surface area contributed by atoms with E-state index in [1.54, 1.807) is 0 Å².